The molecule has 3 rings (SSSR count). The summed E-state index contributed by atoms with van der Waals surface area (Å²) in [5.74, 6) is -0.974. The Labute approximate surface area is 172 Å². The lowest BCUT2D eigenvalue weighted by atomic mass is 10.1. The number of rotatable bonds is 8. The summed E-state index contributed by atoms with van der Waals surface area (Å²) >= 11 is 0. The number of nitrogens with one attached hydrogen (secondary N) is 2. The van der Waals surface area contributed by atoms with Crippen LogP contribution in [0.1, 0.15) is 17.2 Å². The minimum atomic E-state index is -0.752. The summed E-state index contributed by atoms with van der Waals surface area (Å²) in [6, 6.07) is 17.4. The number of benzene rings is 2. The number of carbonyl (C=O) groups excluding carboxylic acids is 4. The van der Waals surface area contributed by atoms with Crippen LogP contribution < -0.4 is 10.6 Å². The monoisotopic (exact) mass is 411 g/mol. The Bertz CT molecular complexity index is 887. The predicted octanol–water partition coefficient (Wildman–Crippen LogP) is 1.75. The van der Waals surface area contributed by atoms with Crippen molar-refractivity contribution in [1.82, 2.24) is 15.5 Å². The smallest absolute Gasteiger partial charge is 0.417 e. The summed E-state index contributed by atoms with van der Waals surface area (Å²) in [5, 5.41) is 5.09. The van der Waals surface area contributed by atoms with Gasteiger partial charge in [0.25, 0.3) is 5.91 Å². The Hall–Kier alpha value is -3.88. The third-order valence-electron chi connectivity index (χ3n) is 4.35. The molecule has 1 heterocycles. The fourth-order valence-electron chi connectivity index (χ4n) is 2.83. The van der Waals surface area contributed by atoms with Crippen LogP contribution in [0.4, 0.5) is 9.59 Å². The normalized spacial score (nSPS) is 14.1. The molecule has 1 fully saturated rings. The lowest BCUT2D eigenvalue weighted by molar-refractivity contribution is -0.127. The highest BCUT2D eigenvalue weighted by Gasteiger charge is 2.33. The maximum Gasteiger partial charge on any atom is 0.417 e. The molecule has 9 nitrogen and oxygen atoms in total. The zero-order valence-electron chi connectivity index (χ0n) is 16.1. The fourth-order valence-corrected chi connectivity index (χ4v) is 2.83. The second kappa shape index (κ2) is 10.1. The summed E-state index contributed by atoms with van der Waals surface area (Å²) in [5.41, 5.74) is 1.52. The van der Waals surface area contributed by atoms with Gasteiger partial charge in [-0.15, -0.1) is 0 Å². The first-order chi connectivity index (χ1) is 14.5. The van der Waals surface area contributed by atoms with Gasteiger partial charge in [-0.1, -0.05) is 60.7 Å². The molecular formula is C21H21N3O6. The van der Waals surface area contributed by atoms with Crippen molar-refractivity contribution in [3.8, 4) is 0 Å². The van der Waals surface area contributed by atoms with E-state index in [-0.39, 0.29) is 26.3 Å². The van der Waals surface area contributed by atoms with E-state index in [9.17, 15) is 19.2 Å². The van der Waals surface area contributed by atoms with Crippen LogP contribution in [0.25, 0.3) is 0 Å². The maximum atomic E-state index is 12.3. The molecule has 30 heavy (non-hydrogen) atoms. The number of hydrogen-bond acceptors (Lipinski definition) is 6. The highest BCUT2D eigenvalue weighted by molar-refractivity contribution is 5.97. The quantitative estimate of drug-likeness (QED) is 0.684. The van der Waals surface area contributed by atoms with Crippen LogP contribution in [0.2, 0.25) is 0 Å². The van der Waals surface area contributed by atoms with E-state index in [1.54, 1.807) is 24.3 Å². The molecular weight excluding hydrogens is 390 g/mol. The topological polar surface area (TPSA) is 114 Å². The van der Waals surface area contributed by atoms with Gasteiger partial charge in [0.2, 0.25) is 5.91 Å². The molecule has 0 spiro atoms. The predicted molar refractivity (Wildman–Crippen MR) is 105 cm³/mol. The first kappa shape index (κ1) is 20.8. The molecule has 0 radical (unpaired) electrons. The van der Waals surface area contributed by atoms with Crippen molar-refractivity contribution >= 4 is 24.0 Å². The summed E-state index contributed by atoms with van der Waals surface area (Å²) in [7, 11) is 0. The number of nitrogens with zero attached hydrogens (tertiary/aromatic N) is 1. The molecule has 0 aromatic heterocycles. The number of carbonyl (C=O) groups is 4. The zero-order chi connectivity index (χ0) is 21.3. The first-order valence-electron chi connectivity index (χ1n) is 9.29. The summed E-state index contributed by atoms with van der Waals surface area (Å²) < 4.78 is 9.77. The molecule has 9 heteroatoms. The molecule has 2 aromatic rings. The number of imide groups is 1. The molecule has 2 N–H and O–H groups in total. The molecule has 1 aliphatic heterocycles. The van der Waals surface area contributed by atoms with E-state index < -0.39 is 30.0 Å². The molecule has 0 aliphatic carbocycles. The van der Waals surface area contributed by atoms with Crippen molar-refractivity contribution in [2.24, 2.45) is 0 Å². The van der Waals surface area contributed by atoms with Gasteiger partial charge in [-0.05, 0) is 11.1 Å². The van der Waals surface area contributed by atoms with Crippen molar-refractivity contribution in [1.29, 1.82) is 0 Å². The average molecular weight is 411 g/mol. The number of alkyl carbamates (subject to hydrolysis) is 1. The lowest BCUT2D eigenvalue weighted by Crippen LogP contribution is -2.43. The molecule has 1 unspecified atom stereocenters. The van der Waals surface area contributed by atoms with E-state index in [1.807, 2.05) is 36.4 Å². The van der Waals surface area contributed by atoms with Crippen LogP contribution in [0.15, 0.2) is 60.7 Å². The van der Waals surface area contributed by atoms with Crippen molar-refractivity contribution in [2.45, 2.75) is 12.6 Å². The van der Waals surface area contributed by atoms with Gasteiger partial charge >= 0.3 is 12.2 Å². The van der Waals surface area contributed by atoms with E-state index >= 15 is 0 Å². The third-order valence-corrected chi connectivity index (χ3v) is 4.35. The SMILES string of the molecule is O=C(CNC(=O)OCc1ccccc1)NC(CN1C(=O)COC1=O)c1ccccc1. The van der Waals surface area contributed by atoms with Gasteiger partial charge in [-0.2, -0.15) is 0 Å². The second-order valence-electron chi connectivity index (χ2n) is 6.50. The van der Waals surface area contributed by atoms with Crippen LogP contribution in [0, 0.1) is 0 Å². The average Bonchev–Trinajstić information content (AvgIpc) is 3.09. The number of hydrogen-bond donors (Lipinski definition) is 2. The van der Waals surface area contributed by atoms with Gasteiger partial charge < -0.3 is 20.1 Å². The number of ether oxygens (including phenoxy) is 2. The van der Waals surface area contributed by atoms with Crippen molar-refractivity contribution in [3.63, 3.8) is 0 Å². The van der Waals surface area contributed by atoms with Crippen molar-refractivity contribution < 1.29 is 28.7 Å². The van der Waals surface area contributed by atoms with Gasteiger partial charge in [0.1, 0.15) is 13.2 Å². The van der Waals surface area contributed by atoms with E-state index in [1.165, 1.54) is 0 Å². The molecule has 4 amide bonds. The largest absolute Gasteiger partial charge is 0.445 e. The molecule has 2 aromatic carbocycles. The number of amides is 4. The van der Waals surface area contributed by atoms with E-state index in [0.29, 0.717) is 5.56 Å². The molecule has 156 valence electrons. The van der Waals surface area contributed by atoms with Crippen LogP contribution >= 0.6 is 0 Å². The van der Waals surface area contributed by atoms with Crippen LogP contribution in [0.3, 0.4) is 0 Å². The Balaban J connectivity index is 1.53. The summed E-state index contributed by atoms with van der Waals surface area (Å²) in [6.07, 6.45) is -1.48. The summed E-state index contributed by atoms with van der Waals surface area (Å²) in [4.78, 5) is 48.7. The Morgan fingerprint density at radius 3 is 2.33 bits per heavy atom. The molecule has 1 aliphatic rings. The molecule has 0 bridgehead atoms. The van der Waals surface area contributed by atoms with Gasteiger partial charge in [0.05, 0.1) is 12.6 Å². The lowest BCUT2D eigenvalue weighted by Gasteiger charge is -2.22. The van der Waals surface area contributed by atoms with Crippen LogP contribution in [-0.4, -0.2) is 48.6 Å². The van der Waals surface area contributed by atoms with Crippen molar-refractivity contribution in [2.75, 3.05) is 19.7 Å². The minimum Gasteiger partial charge on any atom is -0.445 e. The highest BCUT2D eigenvalue weighted by atomic mass is 16.6. The van der Waals surface area contributed by atoms with E-state index in [2.05, 4.69) is 10.6 Å². The first-order valence-corrected chi connectivity index (χ1v) is 9.29. The maximum absolute atomic E-state index is 12.3. The Morgan fingerprint density at radius 1 is 1.03 bits per heavy atom. The molecule has 1 saturated heterocycles. The highest BCUT2D eigenvalue weighted by Crippen LogP contribution is 2.17. The third kappa shape index (κ3) is 5.81. The van der Waals surface area contributed by atoms with Gasteiger partial charge in [-0.3, -0.25) is 9.59 Å². The summed E-state index contributed by atoms with van der Waals surface area (Å²) in [6.45, 7) is -0.634. The van der Waals surface area contributed by atoms with Crippen LogP contribution in [-0.2, 0) is 25.7 Å². The van der Waals surface area contributed by atoms with Crippen LogP contribution in [0.5, 0.6) is 0 Å². The van der Waals surface area contributed by atoms with Gasteiger partial charge in [-0.25, -0.2) is 14.5 Å². The Morgan fingerprint density at radius 2 is 1.70 bits per heavy atom. The molecule has 1 atom stereocenters. The van der Waals surface area contributed by atoms with E-state index in [0.717, 1.165) is 10.5 Å². The minimum absolute atomic E-state index is 0.0775. The standard InChI is InChI=1S/C21H21N3O6/c25-18(11-22-20(27)29-13-15-7-3-1-4-8-15)23-17(16-9-5-2-6-10-16)12-24-19(26)14-30-21(24)28/h1-10,17H,11-14H2,(H,22,27)(H,23,25). The second-order valence-corrected chi connectivity index (χ2v) is 6.50. The zero-order valence-corrected chi connectivity index (χ0v) is 16.1. The van der Waals surface area contributed by atoms with Gasteiger partial charge in [0.15, 0.2) is 6.61 Å². The van der Waals surface area contributed by atoms with E-state index in [4.69, 9.17) is 9.47 Å². The fraction of sp³-hybridized carbons (Fsp3) is 0.238. The Kier molecular flexibility index (Phi) is 6.99. The van der Waals surface area contributed by atoms with Crippen molar-refractivity contribution in [3.05, 3.63) is 71.8 Å². The molecule has 0 saturated carbocycles. The van der Waals surface area contributed by atoms with Gasteiger partial charge in [0, 0.05) is 0 Å². The number of cyclic esters (lactones) is 1.